The van der Waals surface area contributed by atoms with Crippen LogP contribution in [0.4, 0.5) is 14.7 Å². The number of hydrogen-bond acceptors (Lipinski definition) is 8. The predicted molar refractivity (Wildman–Crippen MR) is 156 cm³/mol. The van der Waals surface area contributed by atoms with Gasteiger partial charge in [-0.2, -0.15) is 10.1 Å². The van der Waals surface area contributed by atoms with Crippen molar-refractivity contribution in [1.82, 2.24) is 18.7 Å². The molecular weight excluding hydrogens is 586 g/mol. The van der Waals surface area contributed by atoms with E-state index in [-0.39, 0.29) is 34.4 Å². The van der Waals surface area contributed by atoms with Crippen LogP contribution in [0.1, 0.15) is 27.0 Å². The number of aromatic nitrogens is 4. The molecule has 0 spiro atoms. The highest BCUT2D eigenvalue weighted by atomic mass is 35.5. The second-order valence-corrected chi connectivity index (χ2v) is 9.97. The van der Waals surface area contributed by atoms with Crippen LogP contribution in [-0.2, 0) is 20.6 Å². The van der Waals surface area contributed by atoms with Gasteiger partial charge in [0.25, 0.3) is 5.56 Å². The van der Waals surface area contributed by atoms with Gasteiger partial charge in [-0.15, -0.1) is 0 Å². The molecule has 0 atom stereocenters. The molecule has 0 aliphatic carbocycles. The predicted octanol–water partition coefficient (Wildman–Crippen LogP) is 4.09. The minimum atomic E-state index is -1.28. The van der Waals surface area contributed by atoms with Gasteiger partial charge >= 0.3 is 11.7 Å². The first kappa shape index (κ1) is 29.2. The molecular formula is C29H23ClF2N6O5. The minimum absolute atomic E-state index is 0.171. The summed E-state index contributed by atoms with van der Waals surface area (Å²) in [6, 6.07) is 12.9. The zero-order valence-electron chi connectivity index (χ0n) is 22.9. The van der Waals surface area contributed by atoms with Gasteiger partial charge in [-0.1, -0.05) is 35.9 Å². The van der Waals surface area contributed by atoms with Gasteiger partial charge in [0.15, 0.2) is 34.3 Å². The average Bonchev–Trinajstić information content (AvgIpc) is 3.33. The second kappa shape index (κ2) is 11.5. The van der Waals surface area contributed by atoms with E-state index < -0.39 is 40.2 Å². The van der Waals surface area contributed by atoms with Crippen LogP contribution in [-0.4, -0.2) is 36.0 Å². The van der Waals surface area contributed by atoms with Crippen LogP contribution in [0.5, 0.6) is 11.5 Å². The van der Waals surface area contributed by atoms with Crippen LogP contribution in [0.3, 0.4) is 0 Å². The number of ether oxygens (including phenoxy) is 1. The Balaban J connectivity index is 1.42. The maximum atomic E-state index is 13.6. The third-order valence-electron chi connectivity index (χ3n) is 6.73. The quantitative estimate of drug-likeness (QED) is 0.0935. The fraction of sp³-hybridized carbons (Fsp3) is 0.138. The summed E-state index contributed by atoms with van der Waals surface area (Å²) >= 11 is 5.82. The Morgan fingerprint density at radius 2 is 1.81 bits per heavy atom. The average molecular weight is 609 g/mol. The molecule has 43 heavy (non-hydrogen) atoms. The van der Waals surface area contributed by atoms with Crippen molar-refractivity contribution in [3.05, 3.63) is 114 Å². The fourth-order valence-corrected chi connectivity index (χ4v) is 4.57. The Morgan fingerprint density at radius 3 is 2.53 bits per heavy atom. The number of rotatable bonds is 7. The molecule has 2 N–H and O–H groups in total. The Hall–Kier alpha value is -5.30. The Morgan fingerprint density at radius 1 is 1.09 bits per heavy atom. The minimum Gasteiger partial charge on any atom is -0.504 e. The molecule has 0 aliphatic heterocycles. The van der Waals surface area contributed by atoms with Gasteiger partial charge in [0.1, 0.15) is 0 Å². The Kier molecular flexibility index (Phi) is 7.83. The maximum Gasteiger partial charge on any atom is 0.345 e. The number of carbonyl (C=O) groups is 1. The van der Waals surface area contributed by atoms with Gasteiger partial charge in [0.05, 0.1) is 23.3 Å². The first-order valence-corrected chi connectivity index (χ1v) is 13.0. The zero-order valence-corrected chi connectivity index (χ0v) is 23.7. The third kappa shape index (κ3) is 5.62. The molecule has 0 saturated heterocycles. The lowest BCUT2D eigenvalue weighted by Gasteiger charge is -2.11. The lowest BCUT2D eigenvalue weighted by Crippen LogP contribution is -2.37. The van der Waals surface area contributed by atoms with Gasteiger partial charge in [-0.05, 0) is 53.9 Å². The highest BCUT2D eigenvalue weighted by molar-refractivity contribution is 6.33. The fourth-order valence-electron chi connectivity index (χ4n) is 4.34. The monoisotopic (exact) mass is 608 g/mol. The first-order valence-electron chi connectivity index (χ1n) is 12.7. The van der Waals surface area contributed by atoms with Crippen molar-refractivity contribution in [2.24, 2.45) is 19.2 Å². The molecule has 0 saturated carbocycles. The molecule has 0 fully saturated rings. The van der Waals surface area contributed by atoms with E-state index in [1.165, 1.54) is 43.1 Å². The number of phenolic OH excluding ortho intramolecular Hbond substituents is 1. The van der Waals surface area contributed by atoms with Crippen LogP contribution >= 0.6 is 11.6 Å². The van der Waals surface area contributed by atoms with Crippen molar-refractivity contribution in [2.75, 3.05) is 5.43 Å². The summed E-state index contributed by atoms with van der Waals surface area (Å²) in [5.74, 6) is -4.12. The number of aryl methyl sites for hydroxylation is 2. The molecule has 14 heteroatoms. The van der Waals surface area contributed by atoms with E-state index in [0.29, 0.717) is 17.7 Å². The number of fused-ring (bicyclic) bond motifs is 1. The van der Waals surface area contributed by atoms with Crippen molar-refractivity contribution in [1.29, 1.82) is 0 Å². The number of imidazole rings is 1. The Bertz CT molecular complexity index is 2070. The maximum absolute atomic E-state index is 13.6. The second-order valence-electron chi connectivity index (χ2n) is 9.56. The summed E-state index contributed by atoms with van der Waals surface area (Å²) in [7, 11) is 2.90. The molecule has 0 amide bonds. The molecule has 0 bridgehead atoms. The number of hydrazone groups is 1. The molecule has 0 unspecified atom stereocenters. The van der Waals surface area contributed by atoms with Gasteiger partial charge in [0, 0.05) is 14.1 Å². The molecule has 5 aromatic rings. The lowest BCUT2D eigenvalue weighted by atomic mass is 10.1. The summed E-state index contributed by atoms with van der Waals surface area (Å²) in [5.41, 5.74) is 3.99. The summed E-state index contributed by atoms with van der Waals surface area (Å²) in [6.45, 7) is 2.20. The molecule has 0 radical (unpaired) electrons. The van der Waals surface area contributed by atoms with E-state index in [9.17, 15) is 28.3 Å². The van der Waals surface area contributed by atoms with E-state index in [2.05, 4.69) is 15.5 Å². The van der Waals surface area contributed by atoms with Crippen LogP contribution in [0.25, 0.3) is 11.2 Å². The third-order valence-corrected chi connectivity index (χ3v) is 7.04. The van der Waals surface area contributed by atoms with Gasteiger partial charge in [0.2, 0.25) is 5.95 Å². The number of carbonyl (C=O) groups excluding carboxylic acids is 1. The van der Waals surface area contributed by atoms with Gasteiger partial charge in [-0.3, -0.25) is 18.5 Å². The lowest BCUT2D eigenvalue weighted by molar-refractivity contribution is 0.0729. The van der Waals surface area contributed by atoms with E-state index in [1.54, 1.807) is 4.57 Å². The molecule has 3 aromatic carbocycles. The molecule has 0 aliphatic rings. The largest absolute Gasteiger partial charge is 0.504 e. The topological polar surface area (TPSA) is 133 Å². The Labute approximate surface area is 246 Å². The normalized spacial score (nSPS) is 11.4. The summed E-state index contributed by atoms with van der Waals surface area (Å²) < 4.78 is 35.9. The number of esters is 1. The first-order chi connectivity index (χ1) is 20.5. The summed E-state index contributed by atoms with van der Waals surface area (Å²) in [6.07, 6.45) is 1.34. The SMILES string of the molecule is Cc1ccccc1Cn1c(N/N=C\c2ccc(OC(=O)c3cc(F)c(F)cc3Cl)c(O)c2)nc2c1c(=O)n(C)c(=O)n2C. The number of phenols is 1. The number of hydrogen-bond donors (Lipinski definition) is 2. The smallest absolute Gasteiger partial charge is 0.345 e. The van der Waals surface area contributed by atoms with Crippen molar-refractivity contribution in [3.8, 4) is 11.5 Å². The number of anilines is 1. The van der Waals surface area contributed by atoms with Crippen molar-refractivity contribution in [3.63, 3.8) is 0 Å². The van der Waals surface area contributed by atoms with E-state index >= 15 is 0 Å². The van der Waals surface area contributed by atoms with E-state index in [4.69, 9.17) is 16.3 Å². The van der Waals surface area contributed by atoms with Crippen LogP contribution < -0.4 is 21.4 Å². The molecule has 2 aromatic heterocycles. The highest BCUT2D eigenvalue weighted by Gasteiger charge is 2.21. The molecule has 220 valence electrons. The van der Waals surface area contributed by atoms with Gasteiger partial charge < -0.3 is 9.84 Å². The summed E-state index contributed by atoms with van der Waals surface area (Å²) in [4.78, 5) is 42.5. The van der Waals surface area contributed by atoms with Gasteiger partial charge in [-0.25, -0.2) is 23.8 Å². The van der Waals surface area contributed by atoms with Crippen molar-refractivity contribution < 1.29 is 23.4 Å². The van der Waals surface area contributed by atoms with Crippen LogP contribution in [0, 0.1) is 18.6 Å². The number of halogens is 3. The van der Waals surface area contributed by atoms with E-state index in [1.807, 2.05) is 31.2 Å². The van der Waals surface area contributed by atoms with E-state index in [0.717, 1.165) is 15.7 Å². The summed E-state index contributed by atoms with van der Waals surface area (Å²) in [5, 5.41) is 14.2. The number of aromatic hydroxyl groups is 1. The number of nitrogens with one attached hydrogen (secondary N) is 1. The van der Waals surface area contributed by atoms with Crippen molar-refractivity contribution in [2.45, 2.75) is 13.5 Å². The standard InChI is InChI=1S/C29H23ClF2N6O5/c1-15-6-4-5-7-17(15)14-38-24-25(36(2)29(42)37(3)26(24)40)34-28(38)35-33-13-16-8-9-23(22(39)10-16)43-27(41)18-11-20(31)21(32)12-19(18)30/h4-13,39H,14H2,1-3H3,(H,34,35)/b33-13-. The number of benzene rings is 3. The van der Waals surface area contributed by atoms with Crippen LogP contribution in [0.15, 0.2) is 69.3 Å². The van der Waals surface area contributed by atoms with Crippen LogP contribution in [0.2, 0.25) is 5.02 Å². The molecule has 5 rings (SSSR count). The molecule has 2 heterocycles. The highest BCUT2D eigenvalue weighted by Crippen LogP contribution is 2.29. The number of nitrogens with zero attached hydrogens (tertiary/aromatic N) is 5. The van der Waals surface area contributed by atoms with Crippen molar-refractivity contribution >= 4 is 40.9 Å². The zero-order chi connectivity index (χ0) is 31.0. The molecule has 11 nitrogen and oxygen atoms in total.